The van der Waals surface area contributed by atoms with Crippen LogP contribution in [0.4, 0.5) is 0 Å². The number of fused-ring (bicyclic) bond motifs is 1. The Morgan fingerprint density at radius 1 is 1.00 bits per heavy atom. The van der Waals surface area contributed by atoms with E-state index in [9.17, 15) is 8.42 Å². The molecule has 2 aliphatic heterocycles. The van der Waals surface area contributed by atoms with Crippen LogP contribution in [0.2, 0.25) is 5.02 Å². The maximum Gasteiger partial charge on any atom is 0.268 e. The summed E-state index contributed by atoms with van der Waals surface area (Å²) in [4.78, 5) is 2.84. The van der Waals surface area contributed by atoms with Crippen molar-refractivity contribution in [3.8, 4) is 22.8 Å². The molecule has 4 aromatic rings. The van der Waals surface area contributed by atoms with Crippen molar-refractivity contribution in [3.63, 3.8) is 0 Å². The molecule has 1 atom stereocenters. The van der Waals surface area contributed by atoms with Gasteiger partial charge in [-0.2, -0.15) is 0 Å². The van der Waals surface area contributed by atoms with Crippen molar-refractivity contribution in [2.45, 2.75) is 50.0 Å². The largest absolute Gasteiger partial charge is 0.493 e. The first kappa shape index (κ1) is 30.1. The lowest BCUT2D eigenvalue weighted by Crippen LogP contribution is -2.48. The summed E-state index contributed by atoms with van der Waals surface area (Å²) in [7, 11) is -0.292. The molecule has 2 aromatic heterocycles. The van der Waals surface area contributed by atoms with Gasteiger partial charge in [-0.05, 0) is 82.4 Å². The molecule has 43 heavy (non-hydrogen) atoms. The second-order valence-electron chi connectivity index (χ2n) is 11.9. The number of benzene rings is 2. The van der Waals surface area contributed by atoms with E-state index in [0.29, 0.717) is 34.9 Å². The summed E-state index contributed by atoms with van der Waals surface area (Å²) in [5.41, 5.74) is 3.12. The lowest BCUT2D eigenvalue weighted by atomic mass is 9.84. The number of aryl methyl sites for hydroxylation is 2. The molecular weight excluding hydrogens is 584 g/mol. The number of nitrogens with zero attached hydrogens (tertiary/aromatic N) is 3. The summed E-state index contributed by atoms with van der Waals surface area (Å²) in [6.45, 7) is 6.76. The van der Waals surface area contributed by atoms with E-state index in [1.165, 1.54) is 42.3 Å². The molecule has 1 unspecified atom stereocenters. The molecule has 8 nitrogen and oxygen atoms in total. The Balaban J connectivity index is 1.27. The van der Waals surface area contributed by atoms with Gasteiger partial charge in [0, 0.05) is 49.0 Å². The first-order chi connectivity index (χ1) is 20.8. The summed E-state index contributed by atoms with van der Waals surface area (Å²) >= 11 is 6.41. The summed E-state index contributed by atoms with van der Waals surface area (Å²) in [5, 5.41) is 4.69. The van der Waals surface area contributed by atoms with E-state index >= 15 is 0 Å². The maximum absolute atomic E-state index is 13.7. The highest BCUT2D eigenvalue weighted by Crippen LogP contribution is 2.40. The van der Waals surface area contributed by atoms with Crippen LogP contribution >= 0.6 is 11.6 Å². The molecule has 230 valence electrons. The molecule has 4 heterocycles. The molecule has 2 saturated heterocycles. The number of aromatic nitrogens is 2. The SMILES string of the molecule is COc1cc2c(-c3cc(Cl)cn3S(=O)(=O)c3ccc(C)cc3)cn(C)c2cc1OCCN1CCCCC1C1CCNCC1. The van der Waals surface area contributed by atoms with E-state index in [-0.39, 0.29) is 4.90 Å². The molecule has 0 amide bonds. The van der Waals surface area contributed by atoms with E-state index in [1.807, 2.05) is 36.9 Å². The Bertz CT molecular complexity index is 1690. The molecule has 0 spiro atoms. The fourth-order valence-electron chi connectivity index (χ4n) is 6.83. The van der Waals surface area contributed by atoms with Crippen molar-refractivity contribution in [1.29, 1.82) is 0 Å². The topological polar surface area (TPSA) is 77.7 Å². The monoisotopic (exact) mass is 624 g/mol. The highest BCUT2D eigenvalue weighted by atomic mass is 35.5. The average molecular weight is 625 g/mol. The summed E-state index contributed by atoms with van der Waals surface area (Å²) < 4.78 is 42.8. The number of halogens is 1. The van der Waals surface area contributed by atoms with E-state index in [2.05, 4.69) is 10.2 Å². The molecule has 2 fully saturated rings. The predicted molar refractivity (Wildman–Crippen MR) is 172 cm³/mol. The molecule has 2 aliphatic rings. The first-order valence-corrected chi connectivity index (χ1v) is 17.0. The fraction of sp³-hybridized carbons (Fsp3) is 0.455. The molecule has 0 bridgehead atoms. The Labute approximate surface area is 259 Å². The van der Waals surface area contributed by atoms with Crippen LogP contribution in [0.15, 0.2) is 59.8 Å². The zero-order valence-corrected chi connectivity index (χ0v) is 26.8. The normalized spacial score (nSPS) is 18.7. The van der Waals surface area contributed by atoms with Crippen LogP contribution in [0.1, 0.15) is 37.7 Å². The molecule has 6 rings (SSSR count). The van der Waals surface area contributed by atoms with Gasteiger partial charge in [0.25, 0.3) is 10.0 Å². The van der Waals surface area contributed by atoms with E-state index in [0.717, 1.165) is 54.1 Å². The zero-order valence-electron chi connectivity index (χ0n) is 25.2. The molecular formula is C33H41ClN4O4S. The standard InChI is InChI=1S/C33H41ClN4O4S/c1-23-7-9-26(10-8-23)43(39,40)38-21-25(34)18-31(38)28-22-36(2)30-20-33(32(41-3)19-27(28)30)42-17-16-37-15-5-4-6-29(37)24-11-13-35-14-12-24/h7-10,18-22,24,29,35H,4-6,11-17H2,1-3H3. The average Bonchev–Trinajstić information content (AvgIpc) is 3.57. The van der Waals surface area contributed by atoms with Gasteiger partial charge in [-0.3, -0.25) is 4.90 Å². The summed E-state index contributed by atoms with van der Waals surface area (Å²) in [5.74, 6) is 2.05. The number of hydrogen-bond donors (Lipinski definition) is 1. The van der Waals surface area contributed by atoms with Crippen molar-refractivity contribution in [3.05, 3.63) is 65.4 Å². The molecule has 2 aromatic carbocycles. The maximum atomic E-state index is 13.7. The second kappa shape index (κ2) is 12.6. The molecule has 0 radical (unpaired) electrons. The number of piperidine rings is 2. The highest BCUT2D eigenvalue weighted by Gasteiger charge is 2.31. The van der Waals surface area contributed by atoms with Crippen LogP contribution in [0.25, 0.3) is 22.2 Å². The number of ether oxygens (including phenoxy) is 2. The van der Waals surface area contributed by atoms with Crippen LogP contribution in [0.3, 0.4) is 0 Å². The van der Waals surface area contributed by atoms with Crippen molar-refractivity contribution in [2.24, 2.45) is 13.0 Å². The predicted octanol–water partition coefficient (Wildman–Crippen LogP) is 6.09. The Morgan fingerprint density at radius 3 is 2.51 bits per heavy atom. The van der Waals surface area contributed by atoms with Gasteiger partial charge in [-0.1, -0.05) is 35.7 Å². The highest BCUT2D eigenvalue weighted by molar-refractivity contribution is 7.90. The van der Waals surface area contributed by atoms with Crippen LogP contribution in [0, 0.1) is 12.8 Å². The first-order valence-electron chi connectivity index (χ1n) is 15.2. The smallest absolute Gasteiger partial charge is 0.268 e. The van der Waals surface area contributed by atoms with Gasteiger partial charge < -0.3 is 19.4 Å². The third kappa shape index (κ3) is 6.05. The number of hydrogen-bond acceptors (Lipinski definition) is 6. The van der Waals surface area contributed by atoms with E-state index in [1.54, 1.807) is 37.4 Å². The van der Waals surface area contributed by atoms with Gasteiger partial charge in [0.1, 0.15) is 6.61 Å². The van der Waals surface area contributed by atoms with Gasteiger partial charge in [0.05, 0.1) is 28.2 Å². The van der Waals surface area contributed by atoms with Gasteiger partial charge in [0.15, 0.2) is 11.5 Å². The summed E-state index contributed by atoms with van der Waals surface area (Å²) in [6, 6.07) is 13.1. The van der Waals surface area contributed by atoms with Gasteiger partial charge in [-0.15, -0.1) is 0 Å². The number of likely N-dealkylation sites (tertiary alicyclic amines) is 1. The van der Waals surface area contributed by atoms with Crippen LogP contribution < -0.4 is 14.8 Å². The molecule has 10 heteroatoms. The van der Waals surface area contributed by atoms with Crippen LogP contribution in [-0.4, -0.2) is 67.8 Å². The number of nitrogens with one attached hydrogen (secondary N) is 1. The Morgan fingerprint density at radius 2 is 1.77 bits per heavy atom. The molecule has 0 aliphatic carbocycles. The minimum atomic E-state index is -3.87. The van der Waals surface area contributed by atoms with Crippen molar-refractivity contribution < 1.29 is 17.9 Å². The van der Waals surface area contributed by atoms with Crippen molar-refractivity contribution in [1.82, 2.24) is 18.8 Å². The van der Waals surface area contributed by atoms with Gasteiger partial charge in [-0.25, -0.2) is 12.4 Å². The third-order valence-corrected chi connectivity index (χ3v) is 11.0. The van der Waals surface area contributed by atoms with E-state index < -0.39 is 10.0 Å². The number of methoxy groups -OCH3 is 1. The molecule has 1 N–H and O–H groups in total. The minimum absolute atomic E-state index is 0.205. The zero-order chi connectivity index (χ0) is 30.1. The van der Waals surface area contributed by atoms with Crippen molar-refractivity contribution in [2.75, 3.05) is 39.9 Å². The van der Waals surface area contributed by atoms with Crippen molar-refractivity contribution >= 4 is 32.5 Å². The molecule has 0 saturated carbocycles. The van der Waals surface area contributed by atoms with Gasteiger partial charge >= 0.3 is 0 Å². The van der Waals surface area contributed by atoms with Crippen LogP contribution in [-0.2, 0) is 17.1 Å². The van der Waals surface area contributed by atoms with Gasteiger partial charge in [0.2, 0.25) is 0 Å². The minimum Gasteiger partial charge on any atom is -0.493 e. The summed E-state index contributed by atoms with van der Waals surface area (Å²) in [6.07, 6.45) is 9.72. The quantitative estimate of drug-likeness (QED) is 0.243. The Kier molecular flexibility index (Phi) is 8.78. The second-order valence-corrected chi connectivity index (χ2v) is 14.1. The van der Waals surface area contributed by atoms with Crippen LogP contribution in [0.5, 0.6) is 11.5 Å². The Hall–Kier alpha value is -2.98. The van der Waals surface area contributed by atoms with E-state index in [4.69, 9.17) is 21.1 Å². The lowest BCUT2D eigenvalue weighted by molar-refractivity contribution is 0.0707. The lowest BCUT2D eigenvalue weighted by Gasteiger charge is -2.42. The third-order valence-electron chi connectivity index (χ3n) is 9.11. The number of rotatable bonds is 9. The fourth-order valence-corrected chi connectivity index (χ4v) is 8.46.